The van der Waals surface area contributed by atoms with E-state index in [4.69, 9.17) is 5.73 Å². The van der Waals surface area contributed by atoms with Gasteiger partial charge in [0.2, 0.25) is 0 Å². The van der Waals surface area contributed by atoms with E-state index in [1.807, 2.05) is 12.1 Å². The van der Waals surface area contributed by atoms with E-state index in [2.05, 4.69) is 22.3 Å². The van der Waals surface area contributed by atoms with Crippen LogP contribution in [0.1, 0.15) is 25.0 Å². The van der Waals surface area contributed by atoms with Crippen LogP contribution >= 0.6 is 0 Å². The van der Waals surface area contributed by atoms with Crippen molar-refractivity contribution in [3.05, 3.63) is 30.0 Å². The van der Waals surface area contributed by atoms with Gasteiger partial charge in [-0.05, 0) is 18.9 Å². The van der Waals surface area contributed by atoms with Gasteiger partial charge in [-0.25, -0.2) is 0 Å². The predicted molar refractivity (Wildman–Crippen MR) is 60.7 cm³/mol. The highest BCUT2D eigenvalue weighted by atomic mass is 15.1. The first-order valence-electron chi connectivity index (χ1n) is 5.49. The average molecular weight is 201 g/mol. The number of hydrogen-bond acceptors (Lipinski definition) is 2. The van der Waals surface area contributed by atoms with Crippen molar-refractivity contribution in [1.82, 2.24) is 10.2 Å². The van der Waals surface area contributed by atoms with E-state index < -0.39 is 0 Å². The second-order valence-electron chi connectivity index (χ2n) is 4.45. The van der Waals surface area contributed by atoms with Crippen molar-refractivity contribution in [1.29, 1.82) is 0 Å². The maximum absolute atomic E-state index is 5.90. The molecule has 1 aromatic carbocycles. The van der Waals surface area contributed by atoms with Crippen LogP contribution < -0.4 is 5.73 Å². The van der Waals surface area contributed by atoms with Gasteiger partial charge >= 0.3 is 0 Å². The second kappa shape index (κ2) is 3.07. The molecule has 3 rings (SSSR count). The Bertz CT molecular complexity index is 477. The summed E-state index contributed by atoms with van der Waals surface area (Å²) in [5.41, 5.74) is 8.37. The number of H-pyrrole nitrogens is 1. The van der Waals surface area contributed by atoms with Crippen molar-refractivity contribution >= 4 is 10.9 Å². The Morgan fingerprint density at radius 3 is 2.80 bits per heavy atom. The molecule has 0 amide bonds. The Hall–Kier alpha value is -1.35. The summed E-state index contributed by atoms with van der Waals surface area (Å²) in [6, 6.07) is 8.25. The zero-order valence-corrected chi connectivity index (χ0v) is 8.66. The summed E-state index contributed by atoms with van der Waals surface area (Å²) in [5.74, 6) is 0. The molecule has 3 nitrogen and oxygen atoms in total. The average Bonchev–Trinajstić information content (AvgIpc) is 2.62. The van der Waals surface area contributed by atoms with Crippen LogP contribution in [-0.4, -0.2) is 16.7 Å². The molecule has 1 aliphatic carbocycles. The number of fused-ring (bicyclic) bond motifs is 1. The molecule has 1 heterocycles. The topological polar surface area (TPSA) is 54.7 Å². The minimum Gasteiger partial charge on any atom is -0.330 e. The lowest BCUT2D eigenvalue weighted by atomic mass is 9.66. The predicted octanol–water partition coefficient (Wildman–Crippen LogP) is 1.94. The van der Waals surface area contributed by atoms with Gasteiger partial charge < -0.3 is 5.73 Å². The van der Waals surface area contributed by atoms with Gasteiger partial charge in [-0.2, -0.15) is 5.10 Å². The molecule has 0 aliphatic heterocycles. The molecule has 78 valence electrons. The summed E-state index contributed by atoms with van der Waals surface area (Å²) >= 11 is 0. The highest BCUT2D eigenvalue weighted by Crippen LogP contribution is 2.44. The third kappa shape index (κ3) is 1.13. The zero-order chi connectivity index (χ0) is 10.3. The number of nitrogens with one attached hydrogen (secondary N) is 1. The molecule has 0 atom stereocenters. The van der Waals surface area contributed by atoms with Crippen LogP contribution in [0.25, 0.3) is 10.9 Å². The first-order valence-corrected chi connectivity index (χ1v) is 5.49. The molecule has 0 radical (unpaired) electrons. The van der Waals surface area contributed by atoms with Crippen molar-refractivity contribution in [2.75, 3.05) is 6.54 Å². The van der Waals surface area contributed by atoms with Crippen molar-refractivity contribution in [2.45, 2.75) is 24.7 Å². The minimum absolute atomic E-state index is 0.177. The molecular weight excluding hydrogens is 186 g/mol. The van der Waals surface area contributed by atoms with Crippen molar-refractivity contribution in [3.63, 3.8) is 0 Å². The lowest BCUT2D eigenvalue weighted by molar-refractivity contribution is 0.248. The molecular formula is C12H15N3. The van der Waals surface area contributed by atoms with E-state index in [9.17, 15) is 0 Å². The number of aromatic amines is 1. The largest absolute Gasteiger partial charge is 0.330 e. The normalized spacial score (nSPS) is 19.0. The standard InChI is InChI=1S/C12H15N3/c13-8-12(6-3-7-12)11-9-4-1-2-5-10(9)14-15-11/h1-2,4-5H,3,6-8,13H2,(H,14,15). The fourth-order valence-electron chi connectivity index (χ4n) is 2.52. The Morgan fingerprint density at radius 1 is 1.33 bits per heavy atom. The minimum atomic E-state index is 0.177. The number of nitrogens with zero attached hydrogens (tertiary/aromatic N) is 1. The fraction of sp³-hybridized carbons (Fsp3) is 0.417. The van der Waals surface area contributed by atoms with Crippen LogP contribution in [-0.2, 0) is 5.41 Å². The first kappa shape index (κ1) is 8.92. The molecule has 2 aromatic rings. The van der Waals surface area contributed by atoms with Gasteiger partial charge in [0.15, 0.2) is 0 Å². The number of para-hydroxylation sites is 1. The molecule has 1 fully saturated rings. The molecule has 0 spiro atoms. The number of benzene rings is 1. The van der Waals surface area contributed by atoms with E-state index in [1.54, 1.807) is 0 Å². The summed E-state index contributed by atoms with van der Waals surface area (Å²) < 4.78 is 0. The number of nitrogens with two attached hydrogens (primary N) is 1. The second-order valence-corrected chi connectivity index (χ2v) is 4.45. The van der Waals surface area contributed by atoms with Crippen molar-refractivity contribution in [3.8, 4) is 0 Å². The van der Waals surface area contributed by atoms with Gasteiger partial charge in [-0.3, -0.25) is 5.10 Å². The quantitative estimate of drug-likeness (QED) is 0.780. The number of rotatable bonds is 2. The molecule has 0 bridgehead atoms. The molecule has 3 N–H and O–H groups in total. The highest BCUT2D eigenvalue weighted by Gasteiger charge is 2.39. The van der Waals surface area contributed by atoms with Gasteiger partial charge in [-0.15, -0.1) is 0 Å². The summed E-state index contributed by atoms with van der Waals surface area (Å²) in [6.45, 7) is 0.721. The zero-order valence-electron chi connectivity index (χ0n) is 8.66. The van der Waals surface area contributed by atoms with E-state index in [-0.39, 0.29) is 5.41 Å². The summed E-state index contributed by atoms with van der Waals surface area (Å²) in [5, 5.41) is 8.75. The lowest BCUT2D eigenvalue weighted by Gasteiger charge is -2.40. The van der Waals surface area contributed by atoms with Gasteiger partial charge in [0, 0.05) is 17.3 Å². The third-order valence-corrected chi connectivity index (χ3v) is 3.69. The monoisotopic (exact) mass is 201 g/mol. The lowest BCUT2D eigenvalue weighted by Crippen LogP contribution is -2.42. The van der Waals surface area contributed by atoms with Gasteiger partial charge in [0.05, 0.1) is 11.2 Å². The number of aromatic nitrogens is 2. The highest BCUT2D eigenvalue weighted by molar-refractivity contribution is 5.82. The summed E-state index contributed by atoms with van der Waals surface area (Å²) in [6.07, 6.45) is 3.66. The Morgan fingerprint density at radius 2 is 2.13 bits per heavy atom. The first-order chi connectivity index (χ1) is 7.36. The van der Waals surface area contributed by atoms with Gasteiger partial charge in [0.1, 0.15) is 0 Å². The molecule has 1 saturated carbocycles. The smallest absolute Gasteiger partial charge is 0.0923 e. The molecule has 0 saturated heterocycles. The molecule has 1 aliphatic rings. The molecule has 3 heteroatoms. The summed E-state index contributed by atoms with van der Waals surface area (Å²) in [7, 11) is 0. The van der Waals surface area contributed by atoms with E-state index in [0.717, 1.165) is 12.1 Å². The van der Waals surface area contributed by atoms with E-state index in [1.165, 1.54) is 30.3 Å². The van der Waals surface area contributed by atoms with Crippen molar-refractivity contribution < 1.29 is 0 Å². The van der Waals surface area contributed by atoms with Crippen LogP contribution in [0.4, 0.5) is 0 Å². The van der Waals surface area contributed by atoms with E-state index in [0.29, 0.717) is 0 Å². The maximum atomic E-state index is 5.90. The number of hydrogen-bond donors (Lipinski definition) is 2. The van der Waals surface area contributed by atoms with Crippen LogP contribution in [0.3, 0.4) is 0 Å². The molecule has 15 heavy (non-hydrogen) atoms. The Labute approximate surface area is 88.7 Å². The van der Waals surface area contributed by atoms with Crippen LogP contribution in [0.15, 0.2) is 24.3 Å². The molecule has 1 aromatic heterocycles. The maximum Gasteiger partial charge on any atom is 0.0923 e. The Balaban J connectivity index is 2.18. The van der Waals surface area contributed by atoms with Gasteiger partial charge in [0.25, 0.3) is 0 Å². The van der Waals surface area contributed by atoms with Crippen molar-refractivity contribution in [2.24, 2.45) is 5.73 Å². The Kier molecular flexibility index (Phi) is 1.83. The van der Waals surface area contributed by atoms with Crippen LogP contribution in [0.2, 0.25) is 0 Å². The van der Waals surface area contributed by atoms with E-state index >= 15 is 0 Å². The SMILES string of the molecule is NCC1(c2[nH]nc3ccccc23)CCC1. The van der Waals surface area contributed by atoms with Crippen LogP contribution in [0, 0.1) is 0 Å². The van der Waals surface area contributed by atoms with Crippen LogP contribution in [0.5, 0.6) is 0 Å². The van der Waals surface area contributed by atoms with Gasteiger partial charge in [-0.1, -0.05) is 24.6 Å². The third-order valence-electron chi connectivity index (χ3n) is 3.69. The molecule has 0 unspecified atom stereocenters. The fourth-order valence-corrected chi connectivity index (χ4v) is 2.52. The summed E-state index contributed by atoms with van der Waals surface area (Å²) in [4.78, 5) is 0.